The monoisotopic (exact) mass is 426 g/mol. The van der Waals surface area contributed by atoms with Gasteiger partial charge in [-0.2, -0.15) is 0 Å². The summed E-state index contributed by atoms with van der Waals surface area (Å²) in [5.41, 5.74) is 1.63. The van der Waals surface area contributed by atoms with E-state index in [0.717, 1.165) is 31.6 Å². The summed E-state index contributed by atoms with van der Waals surface area (Å²) >= 11 is 0. The van der Waals surface area contributed by atoms with Crippen LogP contribution in [-0.2, 0) is 16.6 Å². The minimum atomic E-state index is -0.696. The lowest BCUT2D eigenvalue weighted by Crippen LogP contribution is -2.42. The van der Waals surface area contributed by atoms with Crippen LogP contribution in [0.25, 0.3) is 0 Å². The molecule has 2 amide bonds. The van der Waals surface area contributed by atoms with E-state index in [1.807, 2.05) is 19.3 Å². The fraction of sp³-hybridized carbons (Fsp3) is 0.478. The standard InChI is InChI=1S/C23H30N4O4/c1-26-10-6-7-18(26)19(27-11-4-2-3-5-12-27)16-24-22(28)23(29)25-17-8-9-20-21(15-17)31-14-13-30-20/h6-10,15,19H,2-5,11-14,16H2,1H3,(H,24,28)(H,25,29)/t19-/m1/s1. The number of anilines is 1. The third-order valence-electron chi connectivity index (χ3n) is 5.87. The van der Waals surface area contributed by atoms with E-state index in [-0.39, 0.29) is 6.04 Å². The normalized spacial score (nSPS) is 17.5. The van der Waals surface area contributed by atoms with Crippen LogP contribution in [0.1, 0.15) is 37.4 Å². The number of fused-ring (bicyclic) bond motifs is 1. The summed E-state index contributed by atoms with van der Waals surface area (Å²) in [6.45, 7) is 3.33. The molecule has 0 unspecified atom stereocenters. The number of hydrogen-bond acceptors (Lipinski definition) is 5. The van der Waals surface area contributed by atoms with Gasteiger partial charge in [0, 0.05) is 37.2 Å². The molecule has 3 heterocycles. The van der Waals surface area contributed by atoms with Crippen LogP contribution >= 0.6 is 0 Å². The maximum atomic E-state index is 12.5. The van der Waals surface area contributed by atoms with E-state index in [9.17, 15) is 9.59 Å². The van der Waals surface area contributed by atoms with Gasteiger partial charge in [0.05, 0.1) is 6.04 Å². The molecule has 0 bridgehead atoms. The van der Waals surface area contributed by atoms with E-state index in [4.69, 9.17) is 9.47 Å². The molecule has 1 atom stereocenters. The van der Waals surface area contributed by atoms with Gasteiger partial charge in [-0.25, -0.2) is 0 Å². The molecule has 0 aliphatic carbocycles. The fourth-order valence-electron chi connectivity index (χ4n) is 4.23. The first-order valence-corrected chi connectivity index (χ1v) is 11.0. The zero-order valence-electron chi connectivity index (χ0n) is 17.9. The Morgan fingerprint density at radius 3 is 2.45 bits per heavy atom. The molecule has 0 spiro atoms. The molecule has 2 aliphatic rings. The molecule has 8 nitrogen and oxygen atoms in total. The number of rotatable bonds is 5. The number of likely N-dealkylation sites (tertiary alicyclic amines) is 1. The van der Waals surface area contributed by atoms with Crippen molar-refractivity contribution >= 4 is 17.5 Å². The highest BCUT2D eigenvalue weighted by Gasteiger charge is 2.25. The number of ether oxygens (including phenoxy) is 2. The zero-order valence-corrected chi connectivity index (χ0v) is 17.9. The molecular formula is C23H30N4O4. The van der Waals surface area contributed by atoms with Gasteiger partial charge in [-0.3, -0.25) is 14.5 Å². The maximum Gasteiger partial charge on any atom is 0.313 e. The maximum absolute atomic E-state index is 12.5. The predicted octanol–water partition coefficient (Wildman–Crippen LogP) is 2.47. The van der Waals surface area contributed by atoms with Crippen molar-refractivity contribution in [2.75, 3.05) is 38.2 Å². The van der Waals surface area contributed by atoms with Crippen molar-refractivity contribution in [3.8, 4) is 11.5 Å². The molecule has 1 aromatic carbocycles. The summed E-state index contributed by atoms with van der Waals surface area (Å²) < 4.78 is 13.1. The van der Waals surface area contributed by atoms with Gasteiger partial charge < -0.3 is 24.7 Å². The molecule has 4 rings (SSSR count). The van der Waals surface area contributed by atoms with Crippen molar-refractivity contribution in [2.45, 2.75) is 31.7 Å². The van der Waals surface area contributed by atoms with Gasteiger partial charge in [-0.15, -0.1) is 0 Å². The van der Waals surface area contributed by atoms with Crippen molar-refractivity contribution in [1.82, 2.24) is 14.8 Å². The third-order valence-corrected chi connectivity index (χ3v) is 5.87. The number of benzene rings is 1. The van der Waals surface area contributed by atoms with Crippen LogP contribution in [0.2, 0.25) is 0 Å². The van der Waals surface area contributed by atoms with Gasteiger partial charge in [0.1, 0.15) is 13.2 Å². The fourth-order valence-corrected chi connectivity index (χ4v) is 4.23. The second kappa shape index (κ2) is 9.87. The number of aromatic nitrogens is 1. The molecule has 166 valence electrons. The highest BCUT2D eigenvalue weighted by molar-refractivity contribution is 6.39. The van der Waals surface area contributed by atoms with Crippen LogP contribution in [0, 0.1) is 0 Å². The molecule has 1 fully saturated rings. The topological polar surface area (TPSA) is 84.8 Å². The SMILES string of the molecule is Cn1cccc1[C@@H](CNC(=O)C(=O)Nc1ccc2c(c1)OCCO2)N1CCCCCC1. The quantitative estimate of drug-likeness (QED) is 0.718. The number of amides is 2. The number of carbonyl (C=O) groups is 2. The van der Waals surface area contributed by atoms with E-state index in [2.05, 4.69) is 26.2 Å². The van der Waals surface area contributed by atoms with Crippen molar-refractivity contribution in [1.29, 1.82) is 0 Å². The summed E-state index contributed by atoms with van der Waals surface area (Å²) in [5.74, 6) is -0.145. The van der Waals surface area contributed by atoms with Crippen molar-refractivity contribution < 1.29 is 19.1 Å². The van der Waals surface area contributed by atoms with Crippen molar-refractivity contribution in [3.05, 3.63) is 42.2 Å². The van der Waals surface area contributed by atoms with Crippen LogP contribution < -0.4 is 20.1 Å². The molecule has 0 radical (unpaired) electrons. The Morgan fingerprint density at radius 2 is 1.74 bits per heavy atom. The van der Waals surface area contributed by atoms with Crippen LogP contribution in [-0.4, -0.2) is 54.1 Å². The second-order valence-corrected chi connectivity index (χ2v) is 8.03. The van der Waals surface area contributed by atoms with E-state index < -0.39 is 11.8 Å². The predicted molar refractivity (Wildman–Crippen MR) is 117 cm³/mol. The van der Waals surface area contributed by atoms with Gasteiger partial charge in [0.15, 0.2) is 11.5 Å². The first-order valence-electron chi connectivity index (χ1n) is 11.0. The van der Waals surface area contributed by atoms with Gasteiger partial charge in [0.25, 0.3) is 0 Å². The zero-order chi connectivity index (χ0) is 21.6. The first-order chi connectivity index (χ1) is 15.1. The molecule has 2 N–H and O–H groups in total. The number of hydrogen-bond donors (Lipinski definition) is 2. The largest absolute Gasteiger partial charge is 0.486 e. The van der Waals surface area contributed by atoms with Crippen LogP contribution in [0.3, 0.4) is 0 Å². The lowest BCUT2D eigenvalue weighted by Gasteiger charge is -2.31. The Bertz CT molecular complexity index is 918. The Labute approximate surface area is 182 Å². The smallest absolute Gasteiger partial charge is 0.313 e. The Morgan fingerprint density at radius 1 is 1.00 bits per heavy atom. The van der Waals surface area contributed by atoms with Gasteiger partial charge in [0.2, 0.25) is 0 Å². The number of carbonyl (C=O) groups excluding carboxylic acids is 2. The Hall–Kier alpha value is -3.00. The van der Waals surface area contributed by atoms with E-state index in [1.165, 1.54) is 12.8 Å². The van der Waals surface area contributed by atoms with Gasteiger partial charge in [-0.1, -0.05) is 12.8 Å². The lowest BCUT2D eigenvalue weighted by molar-refractivity contribution is -0.136. The lowest BCUT2D eigenvalue weighted by atomic mass is 10.1. The number of nitrogens with one attached hydrogen (secondary N) is 2. The average Bonchev–Trinajstić information content (AvgIpc) is 3.03. The molecule has 2 aliphatic heterocycles. The first kappa shape index (κ1) is 21.2. The van der Waals surface area contributed by atoms with E-state index >= 15 is 0 Å². The van der Waals surface area contributed by atoms with Crippen molar-refractivity contribution in [2.24, 2.45) is 7.05 Å². The molecular weight excluding hydrogens is 396 g/mol. The Kier molecular flexibility index (Phi) is 6.76. The highest BCUT2D eigenvalue weighted by Crippen LogP contribution is 2.32. The minimum Gasteiger partial charge on any atom is -0.486 e. The molecule has 1 aromatic heterocycles. The molecule has 8 heteroatoms. The summed E-state index contributed by atoms with van der Waals surface area (Å²) in [7, 11) is 2.01. The highest BCUT2D eigenvalue weighted by atomic mass is 16.6. The van der Waals surface area contributed by atoms with Gasteiger partial charge >= 0.3 is 11.8 Å². The van der Waals surface area contributed by atoms with Crippen LogP contribution in [0.15, 0.2) is 36.5 Å². The molecule has 31 heavy (non-hydrogen) atoms. The Balaban J connectivity index is 1.39. The van der Waals surface area contributed by atoms with Gasteiger partial charge in [-0.05, 0) is 50.2 Å². The van der Waals surface area contributed by atoms with Crippen LogP contribution in [0.4, 0.5) is 5.69 Å². The molecule has 1 saturated heterocycles. The summed E-state index contributed by atoms with van der Waals surface area (Å²) in [6.07, 6.45) is 6.79. The number of aryl methyl sites for hydroxylation is 1. The summed E-state index contributed by atoms with van der Waals surface area (Å²) in [4.78, 5) is 27.4. The molecule has 2 aromatic rings. The second-order valence-electron chi connectivity index (χ2n) is 8.03. The number of nitrogens with zero attached hydrogens (tertiary/aromatic N) is 2. The summed E-state index contributed by atoms with van der Waals surface area (Å²) in [6, 6.07) is 9.22. The van der Waals surface area contributed by atoms with Crippen LogP contribution in [0.5, 0.6) is 11.5 Å². The van der Waals surface area contributed by atoms with Crippen molar-refractivity contribution in [3.63, 3.8) is 0 Å². The van der Waals surface area contributed by atoms with E-state index in [0.29, 0.717) is 36.9 Å². The third kappa shape index (κ3) is 5.19. The minimum absolute atomic E-state index is 0.0316. The molecule has 0 saturated carbocycles. The summed E-state index contributed by atoms with van der Waals surface area (Å²) in [5, 5.41) is 5.48. The van der Waals surface area contributed by atoms with E-state index in [1.54, 1.807) is 18.2 Å². The average molecular weight is 427 g/mol.